The molecular weight excluding hydrogens is 480 g/mol. The van der Waals surface area contributed by atoms with Crippen LogP contribution in [-0.4, -0.2) is 68.9 Å². The number of sulfonamides is 1. The van der Waals surface area contributed by atoms with Crippen molar-refractivity contribution in [2.45, 2.75) is 56.8 Å². The molecule has 0 aliphatic carbocycles. The largest absolute Gasteiger partial charge is 0.389 e. The molecule has 8 nitrogen and oxygen atoms in total. The molecule has 2 aromatic carbocycles. The zero-order valence-electron chi connectivity index (χ0n) is 21.5. The summed E-state index contributed by atoms with van der Waals surface area (Å²) in [7, 11) is -3.88. The normalized spacial score (nSPS) is 18.8. The molecule has 1 aliphatic heterocycles. The predicted molar refractivity (Wildman–Crippen MR) is 138 cm³/mol. The summed E-state index contributed by atoms with van der Waals surface area (Å²) in [6.07, 6.45) is -0.644. The summed E-state index contributed by atoms with van der Waals surface area (Å²) in [6.45, 7) is 8.34. The summed E-state index contributed by atoms with van der Waals surface area (Å²) < 4.78 is 39.3. The Morgan fingerprint density at radius 3 is 2.42 bits per heavy atom. The topological polar surface area (TPSA) is 105 Å². The quantitative estimate of drug-likeness (QED) is 0.448. The summed E-state index contributed by atoms with van der Waals surface area (Å²) in [5, 5.41) is 14.4. The molecule has 36 heavy (non-hydrogen) atoms. The summed E-state index contributed by atoms with van der Waals surface area (Å²) in [4.78, 5) is 13.1. The molecule has 1 fully saturated rings. The number of aliphatic hydroxyl groups is 1. The number of nitrogens with zero attached hydrogens (tertiary/aromatic N) is 1. The van der Waals surface area contributed by atoms with E-state index in [-0.39, 0.29) is 36.6 Å². The lowest BCUT2D eigenvalue weighted by Gasteiger charge is -2.38. The Morgan fingerprint density at radius 2 is 1.83 bits per heavy atom. The number of ether oxygens (including phenoxy) is 2. The molecule has 1 amide bonds. The fourth-order valence-electron chi connectivity index (χ4n) is 4.21. The smallest absolute Gasteiger partial charge is 0.246 e. The van der Waals surface area contributed by atoms with Crippen molar-refractivity contribution in [3.63, 3.8) is 0 Å². The fourth-order valence-corrected chi connectivity index (χ4v) is 5.82. The van der Waals surface area contributed by atoms with Crippen LogP contribution in [0.2, 0.25) is 0 Å². The first-order valence-corrected chi connectivity index (χ1v) is 13.8. The van der Waals surface area contributed by atoms with Crippen molar-refractivity contribution in [1.82, 2.24) is 9.62 Å². The van der Waals surface area contributed by atoms with Crippen LogP contribution in [-0.2, 0) is 29.8 Å². The molecule has 2 aromatic rings. The lowest BCUT2D eigenvalue weighted by Crippen LogP contribution is -2.57. The van der Waals surface area contributed by atoms with Crippen LogP contribution in [0.15, 0.2) is 59.5 Å². The number of hydrogen-bond donors (Lipinski definition) is 2. The Balaban J connectivity index is 1.85. The van der Waals surface area contributed by atoms with Gasteiger partial charge < -0.3 is 19.9 Å². The summed E-state index contributed by atoms with van der Waals surface area (Å²) >= 11 is 0. The second kappa shape index (κ2) is 12.3. The van der Waals surface area contributed by atoms with E-state index in [4.69, 9.17) is 9.47 Å². The van der Waals surface area contributed by atoms with Gasteiger partial charge in [-0.3, -0.25) is 4.79 Å². The van der Waals surface area contributed by atoms with Crippen LogP contribution in [0.1, 0.15) is 38.3 Å². The lowest BCUT2D eigenvalue weighted by atomic mass is 9.86. The number of carbonyl (C=O) groups excluding carboxylic acids is 1. The number of nitrogens with one attached hydrogen (secondary N) is 1. The predicted octanol–water partition coefficient (Wildman–Crippen LogP) is 2.84. The second-order valence-corrected chi connectivity index (χ2v) is 11.9. The molecule has 1 aliphatic rings. The maximum Gasteiger partial charge on any atom is 0.246 e. The number of aryl methyl sites for hydroxylation is 1. The standard InChI is InChI=1S/C27H38N2O6S/c1-20(2)16-29(36(32,33)24-12-10-21(3)11-13-24)17-25(30)27(4,22-8-6-5-7-9-22)28-26(31)19-35-23-14-15-34-18-23/h5-13,20,23,25,30H,14-19H2,1-4H3,(H,28,31)/t23?,25-,27+/m1/s1. The van der Waals surface area contributed by atoms with Gasteiger partial charge in [0, 0.05) is 19.7 Å². The van der Waals surface area contributed by atoms with Gasteiger partial charge in [-0.05, 0) is 43.9 Å². The molecule has 1 saturated heterocycles. The molecule has 0 radical (unpaired) electrons. The second-order valence-electron chi connectivity index (χ2n) is 9.96. The van der Waals surface area contributed by atoms with E-state index >= 15 is 0 Å². The molecule has 2 N–H and O–H groups in total. The molecule has 3 atom stereocenters. The number of benzene rings is 2. The van der Waals surface area contributed by atoms with Crippen LogP contribution in [0.25, 0.3) is 0 Å². The van der Waals surface area contributed by atoms with Crippen molar-refractivity contribution in [2.75, 3.05) is 32.9 Å². The van der Waals surface area contributed by atoms with Gasteiger partial charge in [-0.2, -0.15) is 4.31 Å². The Labute approximate surface area is 214 Å². The molecule has 0 saturated carbocycles. The number of amides is 1. The third kappa shape index (κ3) is 7.14. The molecule has 1 unspecified atom stereocenters. The molecule has 198 valence electrons. The van der Waals surface area contributed by atoms with Crippen LogP contribution in [0.3, 0.4) is 0 Å². The Bertz CT molecular complexity index is 1090. The van der Waals surface area contributed by atoms with E-state index in [1.165, 1.54) is 4.31 Å². The maximum absolute atomic E-state index is 13.5. The molecule has 1 heterocycles. The van der Waals surface area contributed by atoms with Gasteiger partial charge in [0.15, 0.2) is 0 Å². The van der Waals surface area contributed by atoms with Gasteiger partial charge in [0.05, 0.1) is 29.2 Å². The third-order valence-electron chi connectivity index (χ3n) is 6.38. The molecule has 3 rings (SSSR count). The fraction of sp³-hybridized carbons (Fsp3) is 0.519. The van der Waals surface area contributed by atoms with E-state index in [9.17, 15) is 18.3 Å². The highest BCUT2D eigenvalue weighted by molar-refractivity contribution is 7.89. The summed E-state index contributed by atoms with van der Waals surface area (Å²) in [5.41, 5.74) is 0.355. The van der Waals surface area contributed by atoms with Crippen LogP contribution >= 0.6 is 0 Å². The van der Waals surface area contributed by atoms with Crippen LogP contribution in [0, 0.1) is 12.8 Å². The minimum absolute atomic E-state index is 0.0250. The van der Waals surface area contributed by atoms with Crippen LogP contribution in [0.5, 0.6) is 0 Å². The number of aliphatic hydroxyl groups excluding tert-OH is 1. The van der Waals surface area contributed by atoms with E-state index in [0.29, 0.717) is 18.8 Å². The van der Waals surface area contributed by atoms with E-state index in [0.717, 1.165) is 12.0 Å². The SMILES string of the molecule is Cc1ccc(S(=O)(=O)N(CC(C)C)C[C@@H](O)[C@@](C)(NC(=O)COC2CCOC2)c2ccccc2)cc1. The van der Waals surface area contributed by atoms with Crippen molar-refractivity contribution in [2.24, 2.45) is 5.92 Å². The number of rotatable bonds is 12. The van der Waals surface area contributed by atoms with E-state index < -0.39 is 27.6 Å². The van der Waals surface area contributed by atoms with Gasteiger partial charge >= 0.3 is 0 Å². The maximum atomic E-state index is 13.5. The highest BCUT2D eigenvalue weighted by atomic mass is 32.2. The minimum Gasteiger partial charge on any atom is -0.389 e. The molecular formula is C27H38N2O6S. The minimum atomic E-state index is -3.88. The zero-order chi connectivity index (χ0) is 26.3. The first-order valence-electron chi connectivity index (χ1n) is 12.3. The number of carbonyl (C=O) groups is 1. The van der Waals surface area contributed by atoms with Gasteiger partial charge in [0.1, 0.15) is 6.61 Å². The highest BCUT2D eigenvalue weighted by Gasteiger charge is 2.40. The molecule has 9 heteroatoms. The average Bonchev–Trinajstić information content (AvgIpc) is 3.36. The van der Waals surface area contributed by atoms with Crippen molar-refractivity contribution in [1.29, 1.82) is 0 Å². The monoisotopic (exact) mass is 518 g/mol. The highest BCUT2D eigenvalue weighted by Crippen LogP contribution is 2.28. The first kappa shape index (κ1) is 28.3. The van der Waals surface area contributed by atoms with E-state index in [1.807, 2.05) is 39.0 Å². The Hall–Kier alpha value is -2.30. The van der Waals surface area contributed by atoms with Crippen molar-refractivity contribution < 1.29 is 27.8 Å². The summed E-state index contributed by atoms with van der Waals surface area (Å²) in [6, 6.07) is 15.7. The van der Waals surface area contributed by atoms with Crippen molar-refractivity contribution in [3.05, 3.63) is 65.7 Å². The van der Waals surface area contributed by atoms with Gasteiger partial charge in [0.25, 0.3) is 0 Å². The van der Waals surface area contributed by atoms with Gasteiger partial charge in [-0.1, -0.05) is 61.9 Å². The first-order chi connectivity index (χ1) is 17.0. The average molecular weight is 519 g/mol. The van der Waals surface area contributed by atoms with Gasteiger partial charge in [-0.15, -0.1) is 0 Å². The van der Waals surface area contributed by atoms with Crippen LogP contribution < -0.4 is 5.32 Å². The lowest BCUT2D eigenvalue weighted by molar-refractivity contribution is -0.131. The molecule has 0 bridgehead atoms. The van der Waals surface area contributed by atoms with Crippen molar-refractivity contribution in [3.8, 4) is 0 Å². The van der Waals surface area contributed by atoms with Gasteiger partial charge in [0.2, 0.25) is 15.9 Å². The third-order valence-corrected chi connectivity index (χ3v) is 8.23. The van der Waals surface area contributed by atoms with Crippen LogP contribution in [0.4, 0.5) is 0 Å². The zero-order valence-corrected chi connectivity index (χ0v) is 22.3. The Kier molecular flexibility index (Phi) is 9.66. The van der Waals surface area contributed by atoms with E-state index in [2.05, 4.69) is 5.32 Å². The Morgan fingerprint density at radius 1 is 1.17 bits per heavy atom. The van der Waals surface area contributed by atoms with Crippen molar-refractivity contribution >= 4 is 15.9 Å². The molecule has 0 aromatic heterocycles. The van der Waals surface area contributed by atoms with E-state index in [1.54, 1.807) is 43.3 Å². The number of hydrogen-bond acceptors (Lipinski definition) is 6. The summed E-state index contributed by atoms with van der Waals surface area (Å²) in [5.74, 6) is -0.374. The molecule has 0 spiro atoms. The van der Waals surface area contributed by atoms with Gasteiger partial charge in [-0.25, -0.2) is 8.42 Å².